The second-order valence-corrected chi connectivity index (χ2v) is 6.01. The first-order valence-electron chi connectivity index (χ1n) is 8.19. The Balaban J connectivity index is 1.69. The molecular weight excluding hydrogens is 294 g/mol. The van der Waals surface area contributed by atoms with Gasteiger partial charge < -0.3 is 9.80 Å². The van der Waals surface area contributed by atoms with Crippen LogP contribution in [0.25, 0.3) is 11.2 Å². The zero-order valence-electron chi connectivity index (χ0n) is 13.9. The van der Waals surface area contributed by atoms with Gasteiger partial charge in [-0.05, 0) is 12.8 Å². The lowest BCUT2D eigenvalue weighted by Gasteiger charge is -2.41. The molecule has 3 heterocycles. The van der Waals surface area contributed by atoms with Crippen molar-refractivity contribution in [1.82, 2.24) is 29.9 Å². The van der Waals surface area contributed by atoms with Crippen LogP contribution in [0.3, 0.4) is 0 Å². The molecule has 0 radical (unpaired) electrons. The third-order valence-electron chi connectivity index (χ3n) is 4.20. The van der Waals surface area contributed by atoms with E-state index in [4.69, 9.17) is 0 Å². The fourth-order valence-electron chi connectivity index (χ4n) is 3.01. The summed E-state index contributed by atoms with van der Waals surface area (Å²) in [4.78, 5) is 25.2. The molecule has 0 aromatic carbocycles. The molecule has 0 N–H and O–H groups in total. The van der Waals surface area contributed by atoms with Gasteiger partial charge >= 0.3 is 0 Å². The van der Waals surface area contributed by atoms with Crippen LogP contribution in [0.2, 0.25) is 0 Å². The van der Waals surface area contributed by atoms with Crippen molar-refractivity contribution >= 4 is 22.9 Å². The van der Waals surface area contributed by atoms with Gasteiger partial charge in [0.2, 0.25) is 5.91 Å². The Kier molecular flexibility index (Phi) is 4.40. The van der Waals surface area contributed by atoms with Crippen LogP contribution in [0.15, 0.2) is 6.33 Å². The summed E-state index contributed by atoms with van der Waals surface area (Å²) < 4.78 is 1.63. The fourth-order valence-corrected chi connectivity index (χ4v) is 3.01. The quantitative estimate of drug-likeness (QED) is 0.785. The third-order valence-corrected chi connectivity index (χ3v) is 4.20. The van der Waals surface area contributed by atoms with Crippen LogP contribution in [0.1, 0.15) is 26.7 Å². The first-order chi connectivity index (χ1) is 11.2. The Morgan fingerprint density at radius 3 is 2.61 bits per heavy atom. The number of hydrogen-bond donors (Lipinski definition) is 0. The summed E-state index contributed by atoms with van der Waals surface area (Å²) in [5.41, 5.74) is 1.41. The summed E-state index contributed by atoms with van der Waals surface area (Å²) in [6.45, 7) is 7.26. The van der Waals surface area contributed by atoms with Crippen molar-refractivity contribution in [1.29, 1.82) is 0 Å². The zero-order valence-corrected chi connectivity index (χ0v) is 13.9. The van der Waals surface area contributed by atoms with Crippen LogP contribution < -0.4 is 4.90 Å². The minimum Gasteiger partial charge on any atom is -0.353 e. The molecule has 0 bridgehead atoms. The van der Waals surface area contributed by atoms with Crippen molar-refractivity contribution < 1.29 is 4.79 Å². The van der Waals surface area contributed by atoms with Crippen LogP contribution in [0.5, 0.6) is 0 Å². The lowest BCUT2D eigenvalue weighted by molar-refractivity contribution is -0.136. The maximum atomic E-state index is 12.6. The van der Waals surface area contributed by atoms with Gasteiger partial charge in [0, 0.05) is 33.2 Å². The Bertz CT molecular complexity index is 686. The Hall–Kier alpha value is -2.25. The number of hydrogen-bond acceptors (Lipinski definition) is 6. The van der Waals surface area contributed by atoms with Crippen LogP contribution in [-0.4, -0.2) is 61.9 Å². The molecule has 1 amide bonds. The predicted octanol–water partition coefficient (Wildman–Crippen LogP) is 0.843. The zero-order chi connectivity index (χ0) is 16.4. The Morgan fingerprint density at radius 1 is 1.26 bits per heavy atom. The molecular formula is C15H23N7O. The van der Waals surface area contributed by atoms with Gasteiger partial charge in [-0.2, -0.15) is 0 Å². The molecule has 124 valence electrons. The number of carbonyl (C=O) groups excluding carboxylic acids is 1. The lowest BCUT2D eigenvalue weighted by Crippen LogP contribution is -2.55. The van der Waals surface area contributed by atoms with E-state index < -0.39 is 0 Å². The SMILES string of the molecule is CCCN(CCC)C(=O)C1CN(c2ncnc3c2nnn3C)C1. The molecule has 1 fully saturated rings. The molecule has 3 rings (SSSR count). The van der Waals surface area contributed by atoms with Crippen molar-refractivity contribution in [3.63, 3.8) is 0 Å². The number of amides is 1. The van der Waals surface area contributed by atoms with Gasteiger partial charge in [-0.1, -0.05) is 19.1 Å². The van der Waals surface area contributed by atoms with E-state index in [2.05, 4.69) is 39.0 Å². The van der Waals surface area contributed by atoms with Crippen molar-refractivity contribution in [3.05, 3.63) is 6.33 Å². The van der Waals surface area contributed by atoms with Crippen LogP contribution >= 0.6 is 0 Å². The van der Waals surface area contributed by atoms with Gasteiger partial charge in [-0.15, -0.1) is 5.10 Å². The van der Waals surface area contributed by atoms with Crippen LogP contribution in [0, 0.1) is 5.92 Å². The van der Waals surface area contributed by atoms with Crippen molar-refractivity contribution in [3.8, 4) is 0 Å². The number of aromatic nitrogens is 5. The molecule has 1 saturated heterocycles. The van der Waals surface area contributed by atoms with Gasteiger partial charge in [-0.3, -0.25) is 4.79 Å². The number of fused-ring (bicyclic) bond motifs is 1. The van der Waals surface area contributed by atoms with E-state index in [1.165, 1.54) is 6.33 Å². The molecule has 1 aliphatic heterocycles. The van der Waals surface area contributed by atoms with E-state index in [0.29, 0.717) is 24.3 Å². The van der Waals surface area contributed by atoms with E-state index in [-0.39, 0.29) is 11.8 Å². The molecule has 0 spiro atoms. The second kappa shape index (κ2) is 6.47. The van der Waals surface area contributed by atoms with Gasteiger partial charge in [0.05, 0.1) is 5.92 Å². The summed E-state index contributed by atoms with van der Waals surface area (Å²) in [6, 6.07) is 0. The molecule has 0 unspecified atom stereocenters. The topological polar surface area (TPSA) is 80.0 Å². The van der Waals surface area contributed by atoms with Gasteiger partial charge in [-0.25, -0.2) is 14.6 Å². The maximum Gasteiger partial charge on any atom is 0.229 e. The predicted molar refractivity (Wildman–Crippen MR) is 87.0 cm³/mol. The molecule has 2 aromatic heterocycles. The van der Waals surface area contributed by atoms with Gasteiger partial charge in [0.15, 0.2) is 17.0 Å². The number of aryl methyl sites for hydroxylation is 1. The summed E-state index contributed by atoms with van der Waals surface area (Å²) in [7, 11) is 1.81. The second-order valence-electron chi connectivity index (χ2n) is 6.01. The van der Waals surface area contributed by atoms with Crippen molar-refractivity contribution in [2.75, 3.05) is 31.1 Å². The number of rotatable bonds is 6. The first-order valence-corrected chi connectivity index (χ1v) is 8.19. The smallest absolute Gasteiger partial charge is 0.229 e. The average molecular weight is 317 g/mol. The normalized spacial score (nSPS) is 15.0. The van der Waals surface area contributed by atoms with Gasteiger partial charge in [0.25, 0.3) is 0 Å². The Labute approximate surface area is 135 Å². The summed E-state index contributed by atoms with van der Waals surface area (Å²) in [5.74, 6) is 1.08. The van der Waals surface area contributed by atoms with Crippen LogP contribution in [0.4, 0.5) is 5.82 Å². The number of anilines is 1. The molecule has 0 atom stereocenters. The minimum absolute atomic E-state index is 0.0507. The highest BCUT2D eigenvalue weighted by Gasteiger charge is 2.37. The highest BCUT2D eigenvalue weighted by atomic mass is 16.2. The van der Waals surface area contributed by atoms with E-state index >= 15 is 0 Å². The highest BCUT2D eigenvalue weighted by molar-refractivity contribution is 5.86. The van der Waals surface area contributed by atoms with E-state index in [1.807, 2.05) is 11.9 Å². The monoisotopic (exact) mass is 317 g/mol. The van der Waals surface area contributed by atoms with E-state index in [1.54, 1.807) is 4.68 Å². The summed E-state index contributed by atoms with van der Waals surface area (Å²) >= 11 is 0. The van der Waals surface area contributed by atoms with Gasteiger partial charge in [0.1, 0.15) is 6.33 Å². The highest BCUT2D eigenvalue weighted by Crippen LogP contribution is 2.28. The van der Waals surface area contributed by atoms with E-state index in [9.17, 15) is 4.79 Å². The molecule has 1 aliphatic rings. The van der Waals surface area contributed by atoms with Crippen molar-refractivity contribution in [2.24, 2.45) is 13.0 Å². The maximum absolute atomic E-state index is 12.6. The largest absolute Gasteiger partial charge is 0.353 e. The summed E-state index contributed by atoms with van der Waals surface area (Å²) in [5, 5.41) is 8.13. The lowest BCUT2D eigenvalue weighted by atomic mass is 9.98. The molecule has 2 aromatic rings. The molecule has 0 saturated carbocycles. The molecule has 8 nitrogen and oxygen atoms in total. The Morgan fingerprint density at radius 2 is 1.96 bits per heavy atom. The molecule has 0 aliphatic carbocycles. The van der Waals surface area contributed by atoms with Crippen molar-refractivity contribution in [2.45, 2.75) is 26.7 Å². The third kappa shape index (κ3) is 2.85. The van der Waals surface area contributed by atoms with E-state index in [0.717, 1.165) is 31.7 Å². The molecule has 23 heavy (non-hydrogen) atoms. The first kappa shape index (κ1) is 15.6. The van der Waals surface area contributed by atoms with Crippen LogP contribution in [-0.2, 0) is 11.8 Å². The standard InChI is InChI=1S/C15H23N7O/c1-4-6-21(7-5-2)15(23)11-8-22(9-11)14-12-13(16-10-17-14)20(3)19-18-12/h10-11H,4-9H2,1-3H3. The fraction of sp³-hybridized carbons (Fsp3) is 0.667. The number of carbonyl (C=O) groups is 1. The summed E-state index contributed by atoms with van der Waals surface area (Å²) in [6.07, 6.45) is 3.51. The number of nitrogens with zero attached hydrogens (tertiary/aromatic N) is 7. The minimum atomic E-state index is 0.0507. The average Bonchev–Trinajstić information content (AvgIpc) is 2.88. The molecule has 8 heteroatoms.